The molecule has 1 aromatic rings. The predicted molar refractivity (Wildman–Crippen MR) is 51.4 cm³/mol. The number of hydrogen-bond donors (Lipinski definition) is 2. The summed E-state index contributed by atoms with van der Waals surface area (Å²) in [4.78, 5) is 4.16. The maximum atomic E-state index is 5.08. The van der Waals surface area contributed by atoms with Gasteiger partial charge in [0.15, 0.2) is 0 Å². The van der Waals surface area contributed by atoms with Crippen LogP contribution in [0.3, 0.4) is 0 Å². The lowest BCUT2D eigenvalue weighted by Crippen LogP contribution is -2.18. The summed E-state index contributed by atoms with van der Waals surface area (Å²) >= 11 is 0. The Kier molecular flexibility index (Phi) is 2.82. The first-order valence-corrected chi connectivity index (χ1v) is 3.80. The molecule has 0 aliphatic rings. The van der Waals surface area contributed by atoms with Crippen molar-refractivity contribution in [3.8, 4) is 0 Å². The van der Waals surface area contributed by atoms with Gasteiger partial charge in [-0.05, 0) is 25.0 Å². The molecule has 0 amide bonds. The lowest BCUT2D eigenvalue weighted by atomic mass is 10.1. The molecule has 0 heterocycles. The highest BCUT2D eigenvalue weighted by molar-refractivity contribution is 5.64. The fraction of sp³-hybridized carbons (Fsp3) is 0.222. The zero-order chi connectivity index (χ0) is 8.97. The van der Waals surface area contributed by atoms with Crippen LogP contribution in [-0.2, 0) is 0 Å². The smallest absolute Gasteiger partial charge is 0.103 e. The maximum absolute atomic E-state index is 5.08. The normalized spacial score (nSPS) is 10.6. The number of rotatable bonds is 2. The highest BCUT2D eigenvalue weighted by Crippen LogP contribution is 2.21. The third kappa shape index (κ3) is 1.83. The third-order valence-corrected chi connectivity index (χ3v) is 1.71. The molecular formula is C9H13N3. The lowest BCUT2D eigenvalue weighted by Gasteiger charge is -2.02. The monoisotopic (exact) mass is 163 g/mol. The topological polar surface area (TPSA) is 50.4 Å². The van der Waals surface area contributed by atoms with Crippen molar-refractivity contribution in [2.45, 2.75) is 13.8 Å². The average molecular weight is 163 g/mol. The second-order valence-electron chi connectivity index (χ2n) is 2.67. The van der Waals surface area contributed by atoms with Gasteiger partial charge in [-0.3, -0.25) is 0 Å². The standard InChI is InChI=1S/C9H13N3/c1-7-4-3-5-8(2)9(7)11-6-12-10/h3-6H,10H2,1-2H3,(H,11,12). The zero-order valence-corrected chi connectivity index (χ0v) is 7.33. The van der Waals surface area contributed by atoms with Crippen molar-refractivity contribution in [1.29, 1.82) is 0 Å². The summed E-state index contributed by atoms with van der Waals surface area (Å²) in [7, 11) is 0. The fourth-order valence-corrected chi connectivity index (χ4v) is 1.11. The van der Waals surface area contributed by atoms with Gasteiger partial charge in [0.2, 0.25) is 0 Å². The fourth-order valence-electron chi connectivity index (χ4n) is 1.11. The Bertz CT molecular complexity index is 272. The van der Waals surface area contributed by atoms with Gasteiger partial charge in [0.25, 0.3) is 0 Å². The average Bonchev–Trinajstić information content (AvgIpc) is 2.04. The first kappa shape index (κ1) is 8.74. The van der Waals surface area contributed by atoms with Gasteiger partial charge < -0.3 is 5.43 Å². The van der Waals surface area contributed by atoms with E-state index in [9.17, 15) is 0 Å². The summed E-state index contributed by atoms with van der Waals surface area (Å²) in [6, 6.07) is 6.06. The molecule has 0 bridgehead atoms. The summed E-state index contributed by atoms with van der Waals surface area (Å²) in [5, 5.41) is 0. The lowest BCUT2D eigenvalue weighted by molar-refractivity contribution is 1.05. The van der Waals surface area contributed by atoms with Crippen LogP contribution in [0.5, 0.6) is 0 Å². The van der Waals surface area contributed by atoms with Crippen LogP contribution in [0.4, 0.5) is 5.69 Å². The number of nitrogens with one attached hydrogen (secondary N) is 1. The molecule has 3 heteroatoms. The molecule has 64 valence electrons. The summed E-state index contributed by atoms with van der Waals surface area (Å²) in [6.07, 6.45) is 1.48. The number of para-hydroxylation sites is 1. The van der Waals surface area contributed by atoms with Crippen LogP contribution in [-0.4, -0.2) is 6.34 Å². The molecule has 0 fully saturated rings. The van der Waals surface area contributed by atoms with E-state index in [0.717, 1.165) is 16.8 Å². The predicted octanol–water partition coefficient (Wildman–Crippen LogP) is 1.43. The van der Waals surface area contributed by atoms with E-state index in [1.54, 1.807) is 0 Å². The number of hydrogen-bond acceptors (Lipinski definition) is 2. The highest BCUT2D eigenvalue weighted by atomic mass is 15.2. The minimum Gasteiger partial charge on any atom is -0.315 e. The van der Waals surface area contributed by atoms with E-state index in [0.29, 0.717) is 0 Å². The molecule has 0 saturated carbocycles. The van der Waals surface area contributed by atoms with E-state index < -0.39 is 0 Å². The quantitative estimate of drug-likeness (QED) is 0.300. The van der Waals surface area contributed by atoms with Crippen molar-refractivity contribution in [3.05, 3.63) is 29.3 Å². The Morgan fingerprint density at radius 1 is 1.33 bits per heavy atom. The molecule has 0 aromatic heterocycles. The van der Waals surface area contributed by atoms with E-state index in [1.165, 1.54) is 6.34 Å². The molecule has 0 aliphatic carbocycles. The maximum Gasteiger partial charge on any atom is 0.103 e. The molecular weight excluding hydrogens is 150 g/mol. The molecule has 1 aromatic carbocycles. The van der Waals surface area contributed by atoms with Gasteiger partial charge in [0, 0.05) is 0 Å². The van der Waals surface area contributed by atoms with E-state index >= 15 is 0 Å². The van der Waals surface area contributed by atoms with Gasteiger partial charge >= 0.3 is 0 Å². The van der Waals surface area contributed by atoms with Gasteiger partial charge in [-0.1, -0.05) is 18.2 Å². The van der Waals surface area contributed by atoms with E-state index in [4.69, 9.17) is 5.84 Å². The van der Waals surface area contributed by atoms with E-state index in [1.807, 2.05) is 32.0 Å². The zero-order valence-electron chi connectivity index (χ0n) is 7.33. The van der Waals surface area contributed by atoms with Crippen LogP contribution in [0.15, 0.2) is 23.2 Å². The van der Waals surface area contributed by atoms with Gasteiger partial charge in [-0.2, -0.15) is 0 Å². The Balaban J connectivity index is 3.04. The number of aliphatic imine (C=N–C) groups is 1. The van der Waals surface area contributed by atoms with Crippen LogP contribution in [0.1, 0.15) is 11.1 Å². The second-order valence-corrected chi connectivity index (χ2v) is 2.67. The Hall–Kier alpha value is -1.35. The van der Waals surface area contributed by atoms with Crippen LogP contribution in [0, 0.1) is 13.8 Å². The molecule has 0 aliphatic heterocycles. The highest BCUT2D eigenvalue weighted by Gasteiger charge is 1.97. The van der Waals surface area contributed by atoms with E-state index in [-0.39, 0.29) is 0 Å². The molecule has 3 N–H and O–H groups in total. The first-order valence-electron chi connectivity index (χ1n) is 3.80. The SMILES string of the molecule is Cc1cccc(C)c1N=CNN. The van der Waals surface area contributed by atoms with Crippen LogP contribution in [0.25, 0.3) is 0 Å². The minimum atomic E-state index is 0.982. The van der Waals surface area contributed by atoms with Crippen molar-refractivity contribution in [3.63, 3.8) is 0 Å². The van der Waals surface area contributed by atoms with Crippen molar-refractivity contribution in [2.24, 2.45) is 10.8 Å². The number of hydrazine groups is 1. The molecule has 0 radical (unpaired) electrons. The summed E-state index contributed by atoms with van der Waals surface area (Å²) in [6.45, 7) is 4.05. The molecule has 0 spiro atoms. The summed E-state index contributed by atoms with van der Waals surface area (Å²) in [5.74, 6) is 5.08. The molecule has 1 rings (SSSR count). The summed E-state index contributed by atoms with van der Waals surface area (Å²) < 4.78 is 0. The van der Waals surface area contributed by atoms with Gasteiger partial charge in [0.05, 0.1) is 5.69 Å². The van der Waals surface area contributed by atoms with Crippen molar-refractivity contribution < 1.29 is 0 Å². The Labute approximate surface area is 72.3 Å². The van der Waals surface area contributed by atoms with Crippen LogP contribution in [0.2, 0.25) is 0 Å². The molecule has 0 unspecified atom stereocenters. The second kappa shape index (κ2) is 3.88. The first-order chi connectivity index (χ1) is 5.75. The van der Waals surface area contributed by atoms with Gasteiger partial charge in [-0.15, -0.1) is 0 Å². The molecule has 12 heavy (non-hydrogen) atoms. The number of aryl methyl sites for hydroxylation is 2. The van der Waals surface area contributed by atoms with E-state index in [2.05, 4.69) is 10.4 Å². The van der Waals surface area contributed by atoms with Crippen LogP contribution >= 0.6 is 0 Å². The number of nitrogens with zero attached hydrogens (tertiary/aromatic N) is 1. The Morgan fingerprint density at radius 2 is 1.92 bits per heavy atom. The summed E-state index contributed by atoms with van der Waals surface area (Å²) in [5.41, 5.74) is 5.67. The van der Waals surface area contributed by atoms with Gasteiger partial charge in [0.1, 0.15) is 6.34 Å². The Morgan fingerprint density at radius 3 is 2.42 bits per heavy atom. The van der Waals surface area contributed by atoms with Gasteiger partial charge in [-0.25, -0.2) is 10.8 Å². The molecule has 0 atom stereocenters. The van der Waals surface area contributed by atoms with Crippen LogP contribution < -0.4 is 11.3 Å². The number of benzene rings is 1. The van der Waals surface area contributed by atoms with Crippen molar-refractivity contribution >= 4 is 12.0 Å². The van der Waals surface area contributed by atoms with Crippen molar-refractivity contribution in [1.82, 2.24) is 5.43 Å². The largest absolute Gasteiger partial charge is 0.315 e. The minimum absolute atomic E-state index is 0.982. The molecule has 0 saturated heterocycles. The molecule has 3 nitrogen and oxygen atoms in total. The number of nitrogens with two attached hydrogens (primary N) is 1. The van der Waals surface area contributed by atoms with Crippen molar-refractivity contribution in [2.75, 3.05) is 0 Å². The third-order valence-electron chi connectivity index (χ3n) is 1.71.